The van der Waals surface area contributed by atoms with Gasteiger partial charge < -0.3 is 20.1 Å². The van der Waals surface area contributed by atoms with Gasteiger partial charge in [-0.3, -0.25) is 19.4 Å². The maximum absolute atomic E-state index is 13.7. The van der Waals surface area contributed by atoms with Crippen LogP contribution < -0.4 is 15.4 Å². The lowest BCUT2D eigenvalue weighted by molar-refractivity contribution is -0.142. The van der Waals surface area contributed by atoms with E-state index in [2.05, 4.69) is 30.4 Å². The Morgan fingerprint density at radius 2 is 1.98 bits per heavy atom. The minimum absolute atomic E-state index is 0.00532. The quantitative estimate of drug-likeness (QED) is 0.261. The van der Waals surface area contributed by atoms with Crippen molar-refractivity contribution in [3.05, 3.63) is 59.7 Å². The topological polar surface area (TPSA) is 109 Å². The summed E-state index contributed by atoms with van der Waals surface area (Å²) in [7, 11) is 0. The van der Waals surface area contributed by atoms with Crippen molar-refractivity contribution in [3.63, 3.8) is 0 Å². The molecule has 3 fully saturated rings. The van der Waals surface area contributed by atoms with Crippen molar-refractivity contribution in [2.45, 2.75) is 25.3 Å². The monoisotopic (exact) mass is 594 g/mol. The summed E-state index contributed by atoms with van der Waals surface area (Å²) in [6, 6.07) is 7.78. The van der Waals surface area contributed by atoms with Gasteiger partial charge in [0.15, 0.2) is 0 Å². The number of cyclic esters (lactones) is 1. The van der Waals surface area contributed by atoms with Gasteiger partial charge in [-0.1, -0.05) is 17.7 Å². The molecule has 1 amide bonds. The van der Waals surface area contributed by atoms with Crippen molar-refractivity contribution < 1.29 is 23.5 Å². The molecule has 1 saturated carbocycles. The number of fused-ring (bicyclic) bond motifs is 1. The summed E-state index contributed by atoms with van der Waals surface area (Å²) in [5.41, 5.74) is 1.70. The lowest BCUT2D eigenvalue weighted by Crippen LogP contribution is -2.51. The van der Waals surface area contributed by atoms with Gasteiger partial charge in [-0.15, -0.1) is 0 Å². The van der Waals surface area contributed by atoms with Crippen molar-refractivity contribution in [1.82, 2.24) is 19.8 Å². The largest absolute Gasteiger partial charge is 0.491 e. The van der Waals surface area contributed by atoms with Crippen molar-refractivity contribution in [2.24, 2.45) is 5.92 Å². The Morgan fingerprint density at radius 1 is 1.14 bits per heavy atom. The third kappa shape index (κ3) is 6.80. The smallest absolute Gasteiger partial charge is 0.323 e. The van der Waals surface area contributed by atoms with Gasteiger partial charge in [0.25, 0.3) is 0 Å². The van der Waals surface area contributed by atoms with Gasteiger partial charge in [-0.2, -0.15) is 0 Å². The molecule has 1 unspecified atom stereocenters. The van der Waals surface area contributed by atoms with E-state index >= 15 is 0 Å². The Morgan fingerprint density at radius 3 is 2.71 bits per heavy atom. The number of carbonyl (C=O) groups is 2. The molecule has 3 heterocycles. The summed E-state index contributed by atoms with van der Waals surface area (Å²) >= 11 is 5.96. The predicted octanol–water partition coefficient (Wildman–Crippen LogP) is 4.38. The zero-order chi connectivity index (χ0) is 29.1. The molecular weight excluding hydrogens is 563 g/mol. The highest BCUT2D eigenvalue weighted by molar-refractivity contribution is 6.31. The highest BCUT2D eigenvalue weighted by Crippen LogP contribution is 2.36. The lowest BCUT2D eigenvalue weighted by atomic mass is 10.1. The second kappa shape index (κ2) is 12.6. The van der Waals surface area contributed by atoms with E-state index in [4.69, 9.17) is 21.1 Å². The fraction of sp³-hybridized carbons (Fsp3) is 0.400. The molecule has 10 nitrogen and oxygen atoms in total. The van der Waals surface area contributed by atoms with E-state index in [1.54, 1.807) is 18.2 Å². The predicted molar refractivity (Wildman–Crippen MR) is 158 cm³/mol. The van der Waals surface area contributed by atoms with Crippen LogP contribution >= 0.6 is 11.6 Å². The van der Waals surface area contributed by atoms with E-state index in [9.17, 15) is 14.0 Å². The molecule has 0 bridgehead atoms. The van der Waals surface area contributed by atoms with E-state index in [1.165, 1.54) is 24.5 Å². The van der Waals surface area contributed by atoms with Crippen LogP contribution in [0.2, 0.25) is 5.02 Å². The summed E-state index contributed by atoms with van der Waals surface area (Å²) in [5.74, 6) is 0.621. The number of carbonyl (C=O) groups excluding carboxylic acids is 2. The standard InChI is InChI=1S/C30H32ClFN6O4/c31-22-14-20(5-6-23(22)32)35-29-21-15-25(27(42-17-19-3-4-19)16-24(21)33-18-34-29)36-28(39)2-1-8-37-9-11-38(12-10-37)26-7-13-41-30(26)40/h1-2,5-6,14-16,18-19,26H,3-4,7-13,17H2,(H,36,39)(H,33,34,35)/b2-1+. The maximum atomic E-state index is 13.7. The van der Waals surface area contributed by atoms with Crippen LogP contribution in [0.1, 0.15) is 19.3 Å². The number of benzene rings is 2. The number of hydrogen-bond donors (Lipinski definition) is 2. The first-order valence-corrected chi connectivity index (χ1v) is 14.5. The van der Waals surface area contributed by atoms with Gasteiger partial charge in [0, 0.05) is 62.4 Å². The second-order valence-corrected chi connectivity index (χ2v) is 11.2. The average Bonchev–Trinajstić information content (AvgIpc) is 3.72. The van der Waals surface area contributed by atoms with Crippen LogP contribution in [0.15, 0.2) is 48.8 Å². The SMILES string of the molecule is O=C(/C=C/CN1CCN(C2CCOC2=O)CC1)Nc1cc2c(Nc3ccc(F)c(Cl)c3)ncnc2cc1OCC1CC1. The molecule has 12 heteroatoms. The number of halogens is 2. The van der Waals surface area contributed by atoms with E-state index in [1.807, 2.05) is 6.08 Å². The van der Waals surface area contributed by atoms with Gasteiger partial charge in [0.05, 0.1) is 29.4 Å². The Hall–Kier alpha value is -3.80. The number of amides is 1. The Kier molecular flexibility index (Phi) is 8.50. The number of piperazine rings is 1. The van der Waals surface area contributed by atoms with Gasteiger partial charge in [0.1, 0.15) is 29.8 Å². The van der Waals surface area contributed by atoms with Crippen LogP contribution in [0.25, 0.3) is 10.9 Å². The van der Waals surface area contributed by atoms with Crippen LogP contribution in [0.4, 0.5) is 21.6 Å². The molecule has 42 heavy (non-hydrogen) atoms. The molecular formula is C30H32ClFN6O4. The first-order chi connectivity index (χ1) is 20.4. The third-order valence-corrected chi connectivity index (χ3v) is 8.03. The Labute approximate surface area is 247 Å². The molecule has 0 radical (unpaired) electrons. The third-order valence-electron chi connectivity index (χ3n) is 7.74. The molecule has 2 N–H and O–H groups in total. The number of hydrogen-bond acceptors (Lipinski definition) is 9. The molecule has 6 rings (SSSR count). The fourth-order valence-electron chi connectivity index (χ4n) is 5.16. The van der Waals surface area contributed by atoms with Crippen LogP contribution in [0.3, 0.4) is 0 Å². The molecule has 2 aromatic carbocycles. The number of ether oxygens (including phenoxy) is 2. The summed E-state index contributed by atoms with van der Waals surface area (Å²) in [6.07, 6.45) is 7.82. The molecule has 3 aliphatic rings. The van der Waals surface area contributed by atoms with Crippen molar-refractivity contribution in [2.75, 3.05) is 56.6 Å². The van der Waals surface area contributed by atoms with Gasteiger partial charge >= 0.3 is 5.97 Å². The Balaban J connectivity index is 1.13. The number of rotatable bonds is 10. The van der Waals surface area contributed by atoms with Crippen LogP contribution in [0.5, 0.6) is 5.75 Å². The average molecular weight is 595 g/mol. The van der Waals surface area contributed by atoms with E-state index < -0.39 is 5.82 Å². The molecule has 2 aliphatic heterocycles. The highest BCUT2D eigenvalue weighted by Gasteiger charge is 2.33. The number of nitrogens with one attached hydrogen (secondary N) is 2. The van der Waals surface area contributed by atoms with Gasteiger partial charge in [-0.25, -0.2) is 14.4 Å². The van der Waals surface area contributed by atoms with Crippen molar-refractivity contribution >= 4 is 51.6 Å². The first kappa shape index (κ1) is 28.3. The number of nitrogens with zero attached hydrogens (tertiary/aromatic N) is 4. The van der Waals surface area contributed by atoms with Crippen LogP contribution in [-0.2, 0) is 14.3 Å². The summed E-state index contributed by atoms with van der Waals surface area (Å²) in [4.78, 5) is 38.0. The maximum Gasteiger partial charge on any atom is 0.323 e. The molecule has 1 atom stereocenters. The summed E-state index contributed by atoms with van der Waals surface area (Å²) in [5, 5.41) is 6.77. The zero-order valence-corrected chi connectivity index (χ0v) is 23.8. The van der Waals surface area contributed by atoms with E-state index in [-0.39, 0.29) is 22.9 Å². The number of anilines is 3. The number of aromatic nitrogens is 2. The first-order valence-electron chi connectivity index (χ1n) is 14.2. The molecule has 0 spiro atoms. The molecule has 220 valence electrons. The van der Waals surface area contributed by atoms with Gasteiger partial charge in [-0.05, 0) is 43.0 Å². The number of esters is 1. The summed E-state index contributed by atoms with van der Waals surface area (Å²) in [6.45, 7) is 4.91. The lowest BCUT2D eigenvalue weighted by Gasteiger charge is -2.36. The molecule has 2 saturated heterocycles. The minimum atomic E-state index is -0.511. The van der Waals surface area contributed by atoms with E-state index in [0.717, 1.165) is 45.4 Å². The molecule has 1 aliphatic carbocycles. The summed E-state index contributed by atoms with van der Waals surface area (Å²) < 4.78 is 24.9. The zero-order valence-electron chi connectivity index (χ0n) is 23.0. The molecule has 3 aromatic rings. The van der Waals surface area contributed by atoms with Crippen molar-refractivity contribution in [1.29, 1.82) is 0 Å². The van der Waals surface area contributed by atoms with Gasteiger partial charge in [0.2, 0.25) is 5.91 Å². The van der Waals surface area contributed by atoms with E-state index in [0.29, 0.717) is 59.5 Å². The van der Waals surface area contributed by atoms with Crippen LogP contribution in [0, 0.1) is 11.7 Å². The van der Waals surface area contributed by atoms with Crippen LogP contribution in [-0.4, -0.2) is 83.6 Å². The normalized spacial score (nSPS) is 19.8. The second-order valence-electron chi connectivity index (χ2n) is 10.8. The fourth-order valence-corrected chi connectivity index (χ4v) is 5.34. The highest BCUT2D eigenvalue weighted by atomic mass is 35.5. The minimum Gasteiger partial charge on any atom is -0.491 e. The Bertz CT molecular complexity index is 1510. The molecule has 1 aromatic heterocycles. The van der Waals surface area contributed by atoms with Crippen molar-refractivity contribution in [3.8, 4) is 5.75 Å².